The third-order valence-corrected chi connectivity index (χ3v) is 5.91. The van der Waals surface area contributed by atoms with Crippen molar-refractivity contribution >= 4 is 49.9 Å². The molecule has 2 fully saturated rings. The fraction of sp³-hybridized carbons (Fsp3) is 0.375. The van der Waals surface area contributed by atoms with Gasteiger partial charge in [-0.15, -0.1) is 10.2 Å². The number of nitrogens with one attached hydrogen (secondary N) is 1. The first kappa shape index (κ1) is 15.7. The lowest BCUT2D eigenvalue weighted by Crippen LogP contribution is -2.28. The number of rotatable bonds is 4. The summed E-state index contributed by atoms with van der Waals surface area (Å²) in [5.41, 5.74) is 0.796. The summed E-state index contributed by atoms with van der Waals surface area (Å²) in [5, 5.41) is 12.5. The molecule has 2 aliphatic rings. The molecule has 1 N–H and O–H groups in total. The molecule has 24 heavy (non-hydrogen) atoms. The maximum Gasteiger partial charge on any atom is 0.231 e. The molecule has 2 amide bonds. The Morgan fingerprint density at radius 3 is 2.83 bits per heavy atom. The first-order chi connectivity index (χ1) is 11.6. The molecule has 1 saturated carbocycles. The normalized spacial score (nSPS) is 20.5. The van der Waals surface area contributed by atoms with Crippen molar-refractivity contribution in [1.82, 2.24) is 10.2 Å². The molecule has 2 aromatic rings. The summed E-state index contributed by atoms with van der Waals surface area (Å²) < 4.78 is 0.845. The van der Waals surface area contributed by atoms with Crippen LogP contribution >= 0.6 is 27.3 Å². The molecule has 1 aliphatic carbocycles. The van der Waals surface area contributed by atoms with Crippen molar-refractivity contribution in [2.45, 2.75) is 25.2 Å². The van der Waals surface area contributed by atoms with E-state index < -0.39 is 0 Å². The summed E-state index contributed by atoms with van der Waals surface area (Å²) in [6, 6.07) is 7.53. The van der Waals surface area contributed by atoms with Gasteiger partial charge in [-0.25, -0.2) is 0 Å². The van der Waals surface area contributed by atoms with E-state index in [9.17, 15) is 9.59 Å². The predicted molar refractivity (Wildman–Crippen MR) is 95.1 cm³/mol. The number of halogens is 1. The molecule has 1 aliphatic heterocycles. The summed E-state index contributed by atoms with van der Waals surface area (Å²) in [4.78, 5) is 26.4. The number of anilines is 2. The van der Waals surface area contributed by atoms with Crippen LogP contribution in [0.5, 0.6) is 0 Å². The average molecular weight is 407 g/mol. The summed E-state index contributed by atoms with van der Waals surface area (Å²) in [6.45, 7) is 0.377. The topological polar surface area (TPSA) is 75.2 Å². The van der Waals surface area contributed by atoms with Crippen LogP contribution in [0.3, 0.4) is 0 Å². The highest BCUT2D eigenvalue weighted by Gasteiger charge is 2.36. The highest BCUT2D eigenvalue weighted by atomic mass is 79.9. The zero-order valence-electron chi connectivity index (χ0n) is 12.7. The van der Waals surface area contributed by atoms with Crippen molar-refractivity contribution in [3.05, 3.63) is 33.7 Å². The van der Waals surface area contributed by atoms with Gasteiger partial charge in [0.15, 0.2) is 0 Å². The Kier molecular flexibility index (Phi) is 4.09. The van der Waals surface area contributed by atoms with Crippen LogP contribution in [0.4, 0.5) is 10.8 Å². The summed E-state index contributed by atoms with van der Waals surface area (Å²) in [7, 11) is 0. The summed E-state index contributed by atoms with van der Waals surface area (Å²) in [5.74, 6) is -0.0700. The number of hydrogen-bond acceptors (Lipinski definition) is 5. The Morgan fingerprint density at radius 1 is 1.29 bits per heavy atom. The van der Waals surface area contributed by atoms with Crippen molar-refractivity contribution in [3.63, 3.8) is 0 Å². The van der Waals surface area contributed by atoms with E-state index in [1.165, 1.54) is 11.3 Å². The van der Waals surface area contributed by atoms with E-state index >= 15 is 0 Å². The van der Waals surface area contributed by atoms with E-state index in [-0.39, 0.29) is 24.2 Å². The van der Waals surface area contributed by atoms with E-state index in [4.69, 9.17) is 0 Å². The van der Waals surface area contributed by atoms with Gasteiger partial charge in [0.25, 0.3) is 0 Å². The largest absolute Gasteiger partial charge is 0.310 e. The Morgan fingerprint density at radius 2 is 2.08 bits per heavy atom. The highest BCUT2D eigenvalue weighted by Crippen LogP contribution is 2.42. The monoisotopic (exact) mass is 406 g/mol. The molecule has 1 atom stereocenters. The van der Waals surface area contributed by atoms with Gasteiger partial charge in [-0.05, 0) is 40.9 Å². The van der Waals surface area contributed by atoms with Crippen LogP contribution in [0.25, 0.3) is 0 Å². The Bertz CT molecular complexity index is 805. The zero-order valence-corrected chi connectivity index (χ0v) is 15.1. The van der Waals surface area contributed by atoms with E-state index in [1.54, 1.807) is 4.90 Å². The van der Waals surface area contributed by atoms with Gasteiger partial charge in [0.1, 0.15) is 5.01 Å². The number of nitrogens with zero attached hydrogens (tertiary/aromatic N) is 3. The molecular formula is C16H15BrN4O2S. The van der Waals surface area contributed by atoms with Gasteiger partial charge >= 0.3 is 0 Å². The van der Waals surface area contributed by atoms with E-state index in [2.05, 4.69) is 31.4 Å². The third kappa shape index (κ3) is 3.08. The SMILES string of the molecule is O=C(Nc1nnc(C2CC2)s1)[C@@H]1CC(=O)N(c2ccccc2Br)C1. The van der Waals surface area contributed by atoms with Gasteiger partial charge in [-0.3, -0.25) is 9.59 Å². The van der Waals surface area contributed by atoms with Crippen LogP contribution in [0.15, 0.2) is 28.7 Å². The van der Waals surface area contributed by atoms with Gasteiger partial charge in [0, 0.05) is 23.4 Å². The van der Waals surface area contributed by atoms with Gasteiger partial charge in [-0.2, -0.15) is 0 Å². The molecule has 0 radical (unpaired) electrons. The quantitative estimate of drug-likeness (QED) is 0.845. The predicted octanol–water partition coefficient (Wildman–Crippen LogP) is 3.17. The lowest BCUT2D eigenvalue weighted by atomic mass is 10.1. The molecule has 124 valence electrons. The minimum absolute atomic E-state index is 0.0435. The highest BCUT2D eigenvalue weighted by molar-refractivity contribution is 9.10. The second kappa shape index (κ2) is 6.25. The first-order valence-corrected chi connectivity index (χ1v) is 9.42. The second-order valence-corrected chi connectivity index (χ2v) is 7.93. The smallest absolute Gasteiger partial charge is 0.231 e. The van der Waals surface area contributed by atoms with Crippen molar-refractivity contribution in [3.8, 4) is 0 Å². The third-order valence-electron chi connectivity index (χ3n) is 4.24. The number of carbonyl (C=O) groups is 2. The number of aromatic nitrogens is 2. The molecule has 6 nitrogen and oxygen atoms in total. The van der Waals surface area contributed by atoms with Gasteiger partial charge in [0.2, 0.25) is 16.9 Å². The molecule has 0 bridgehead atoms. The standard InChI is InChI=1S/C16H15BrN4O2S/c17-11-3-1-2-4-12(11)21-8-10(7-13(21)22)14(23)18-16-20-19-15(24-16)9-5-6-9/h1-4,9-10H,5-8H2,(H,18,20,23)/t10-/m1/s1. The minimum Gasteiger partial charge on any atom is -0.310 e. The number of para-hydroxylation sites is 1. The number of benzene rings is 1. The zero-order chi connectivity index (χ0) is 16.7. The minimum atomic E-state index is -0.377. The Balaban J connectivity index is 1.44. The van der Waals surface area contributed by atoms with Crippen LogP contribution in [0.2, 0.25) is 0 Å². The molecule has 2 heterocycles. The molecular weight excluding hydrogens is 392 g/mol. The van der Waals surface area contributed by atoms with Crippen LogP contribution in [0, 0.1) is 5.92 Å². The van der Waals surface area contributed by atoms with Crippen molar-refractivity contribution in [2.24, 2.45) is 5.92 Å². The number of hydrogen-bond donors (Lipinski definition) is 1. The molecule has 1 aromatic heterocycles. The van der Waals surface area contributed by atoms with Gasteiger partial charge < -0.3 is 10.2 Å². The Hall–Kier alpha value is -1.80. The molecule has 0 unspecified atom stereocenters. The van der Waals surface area contributed by atoms with E-state index in [0.29, 0.717) is 17.6 Å². The first-order valence-electron chi connectivity index (χ1n) is 7.81. The summed E-state index contributed by atoms with van der Waals surface area (Å²) >= 11 is 4.89. The lowest BCUT2D eigenvalue weighted by Gasteiger charge is -2.18. The van der Waals surface area contributed by atoms with E-state index in [1.807, 2.05) is 24.3 Å². The van der Waals surface area contributed by atoms with Crippen LogP contribution in [-0.2, 0) is 9.59 Å². The van der Waals surface area contributed by atoms with Crippen LogP contribution < -0.4 is 10.2 Å². The fourth-order valence-electron chi connectivity index (χ4n) is 2.77. The lowest BCUT2D eigenvalue weighted by molar-refractivity contribution is -0.122. The van der Waals surface area contributed by atoms with Crippen molar-refractivity contribution in [1.29, 1.82) is 0 Å². The van der Waals surface area contributed by atoms with Crippen LogP contribution in [0.1, 0.15) is 30.2 Å². The van der Waals surface area contributed by atoms with Gasteiger partial charge in [0.05, 0.1) is 11.6 Å². The number of amides is 2. The average Bonchev–Trinajstić information content (AvgIpc) is 3.19. The van der Waals surface area contributed by atoms with E-state index in [0.717, 1.165) is 28.0 Å². The van der Waals surface area contributed by atoms with Crippen LogP contribution in [-0.4, -0.2) is 28.6 Å². The molecule has 1 aromatic carbocycles. The summed E-state index contributed by atoms with van der Waals surface area (Å²) in [6.07, 6.45) is 2.52. The fourth-order valence-corrected chi connectivity index (χ4v) is 4.19. The Labute approximate surface area is 151 Å². The van der Waals surface area contributed by atoms with Gasteiger partial charge in [-0.1, -0.05) is 23.5 Å². The maximum atomic E-state index is 12.5. The van der Waals surface area contributed by atoms with Crippen molar-refractivity contribution in [2.75, 3.05) is 16.8 Å². The molecule has 0 spiro atoms. The van der Waals surface area contributed by atoms with Crippen molar-refractivity contribution < 1.29 is 9.59 Å². The maximum absolute atomic E-state index is 12.5. The molecule has 4 rings (SSSR count). The molecule has 1 saturated heterocycles. The number of carbonyl (C=O) groups excluding carboxylic acids is 2. The second-order valence-electron chi connectivity index (χ2n) is 6.07. The molecule has 8 heteroatoms.